The molecule has 84 valence electrons. The van der Waals surface area contributed by atoms with E-state index in [1.165, 1.54) is 0 Å². The van der Waals surface area contributed by atoms with Gasteiger partial charge in [-0.05, 0) is 19.8 Å². The molecule has 0 aromatic rings. The molecule has 0 fully saturated rings. The number of nitriles is 1. The van der Waals surface area contributed by atoms with E-state index in [-0.39, 0.29) is 0 Å². The second-order valence-electron chi connectivity index (χ2n) is 3.15. The summed E-state index contributed by atoms with van der Waals surface area (Å²) in [7, 11) is 5.64. The van der Waals surface area contributed by atoms with Crippen LogP contribution in [0.25, 0.3) is 0 Å². The highest BCUT2D eigenvalue weighted by atomic mass is 14.9. The third-order valence-electron chi connectivity index (χ3n) is 2.33. The first-order chi connectivity index (χ1) is 7.19. The van der Waals surface area contributed by atoms with E-state index in [1.807, 2.05) is 34.1 Å². The van der Waals surface area contributed by atoms with Crippen LogP contribution in [0, 0.1) is 11.3 Å². The first-order valence-electron chi connectivity index (χ1n) is 5.01. The monoisotopic (exact) mass is 208 g/mol. The largest absolute Gasteiger partial charge is 0.391 e. The van der Waals surface area contributed by atoms with Gasteiger partial charge in [0.15, 0.2) is 0 Å². The van der Waals surface area contributed by atoms with Crippen molar-refractivity contribution < 1.29 is 0 Å². The molecule has 0 radical (unpaired) electrons. The molecule has 4 nitrogen and oxygen atoms in total. The summed E-state index contributed by atoms with van der Waals surface area (Å²) in [6.45, 7) is 2.03. The van der Waals surface area contributed by atoms with Gasteiger partial charge in [0.1, 0.15) is 0 Å². The Morgan fingerprint density at radius 2 is 1.80 bits per heavy atom. The van der Waals surface area contributed by atoms with E-state index in [0.29, 0.717) is 0 Å². The van der Waals surface area contributed by atoms with Gasteiger partial charge in [0.05, 0.1) is 6.07 Å². The highest BCUT2D eigenvalue weighted by molar-refractivity contribution is 5.15. The van der Waals surface area contributed by atoms with E-state index in [2.05, 4.69) is 16.0 Å². The standard InChI is InChI=1S/C11H20N4/c1-9(13-2)11(15-4)6-5-10(14-3)7-8-12/h7,13-15H,5-6H2,1-4H3. The highest BCUT2D eigenvalue weighted by Gasteiger charge is 2.01. The van der Waals surface area contributed by atoms with Crippen molar-refractivity contribution in [3.05, 3.63) is 23.2 Å². The first-order valence-corrected chi connectivity index (χ1v) is 5.01. The van der Waals surface area contributed by atoms with Crippen molar-refractivity contribution in [1.29, 1.82) is 5.26 Å². The Labute approximate surface area is 92.1 Å². The summed E-state index contributed by atoms with van der Waals surface area (Å²) in [4.78, 5) is 0. The average molecular weight is 208 g/mol. The fraction of sp³-hybridized carbons (Fsp3) is 0.545. The highest BCUT2D eigenvalue weighted by Crippen LogP contribution is 2.09. The third kappa shape index (κ3) is 4.96. The second kappa shape index (κ2) is 7.74. The fourth-order valence-electron chi connectivity index (χ4n) is 1.26. The number of nitrogens with one attached hydrogen (secondary N) is 3. The van der Waals surface area contributed by atoms with E-state index >= 15 is 0 Å². The summed E-state index contributed by atoms with van der Waals surface area (Å²) in [6, 6.07) is 2.03. The molecular formula is C11H20N4. The van der Waals surface area contributed by atoms with Crippen LogP contribution in [0.3, 0.4) is 0 Å². The van der Waals surface area contributed by atoms with Gasteiger partial charge < -0.3 is 16.0 Å². The van der Waals surface area contributed by atoms with Gasteiger partial charge >= 0.3 is 0 Å². The van der Waals surface area contributed by atoms with Crippen LogP contribution in [0.5, 0.6) is 0 Å². The summed E-state index contributed by atoms with van der Waals surface area (Å²) in [6.07, 6.45) is 3.26. The molecule has 0 rings (SSSR count). The van der Waals surface area contributed by atoms with Gasteiger partial charge in [-0.1, -0.05) is 0 Å². The molecule has 0 aliphatic carbocycles. The van der Waals surface area contributed by atoms with Gasteiger partial charge in [0.25, 0.3) is 0 Å². The average Bonchev–Trinajstić information content (AvgIpc) is 2.27. The molecule has 0 aliphatic heterocycles. The van der Waals surface area contributed by atoms with Crippen molar-refractivity contribution in [2.45, 2.75) is 19.8 Å². The van der Waals surface area contributed by atoms with Gasteiger partial charge in [-0.2, -0.15) is 5.26 Å². The van der Waals surface area contributed by atoms with Crippen LogP contribution in [0.1, 0.15) is 19.8 Å². The molecule has 0 amide bonds. The molecule has 3 N–H and O–H groups in total. The maximum atomic E-state index is 8.54. The minimum Gasteiger partial charge on any atom is -0.391 e. The van der Waals surface area contributed by atoms with E-state index < -0.39 is 0 Å². The molecule has 0 aromatic heterocycles. The van der Waals surface area contributed by atoms with Crippen molar-refractivity contribution in [3.8, 4) is 6.07 Å². The maximum Gasteiger partial charge on any atom is 0.0930 e. The van der Waals surface area contributed by atoms with Crippen LogP contribution in [0.4, 0.5) is 0 Å². The molecule has 0 heterocycles. The zero-order valence-electron chi connectivity index (χ0n) is 9.94. The number of nitrogens with zero attached hydrogens (tertiary/aromatic N) is 1. The zero-order chi connectivity index (χ0) is 11.7. The zero-order valence-corrected chi connectivity index (χ0v) is 9.94. The SMILES string of the molecule is CNC(=CC#N)CCC(NC)=C(C)NC. The Kier molecular flexibility index (Phi) is 6.90. The lowest BCUT2D eigenvalue weighted by atomic mass is 10.1. The topological polar surface area (TPSA) is 59.9 Å². The predicted octanol–water partition coefficient (Wildman–Crippen LogP) is 1.06. The van der Waals surface area contributed by atoms with E-state index in [9.17, 15) is 0 Å². The van der Waals surface area contributed by atoms with Crippen molar-refractivity contribution in [2.75, 3.05) is 21.1 Å². The second-order valence-corrected chi connectivity index (χ2v) is 3.15. The van der Waals surface area contributed by atoms with Gasteiger partial charge in [-0.3, -0.25) is 0 Å². The third-order valence-corrected chi connectivity index (χ3v) is 2.33. The van der Waals surface area contributed by atoms with Crippen LogP contribution in [0.2, 0.25) is 0 Å². The van der Waals surface area contributed by atoms with Gasteiger partial charge in [-0.15, -0.1) is 0 Å². The van der Waals surface area contributed by atoms with Crippen molar-refractivity contribution in [1.82, 2.24) is 16.0 Å². The molecule has 0 saturated heterocycles. The molecule has 0 aromatic carbocycles. The molecule has 0 spiro atoms. The van der Waals surface area contributed by atoms with Gasteiger partial charge in [0, 0.05) is 44.3 Å². The van der Waals surface area contributed by atoms with Gasteiger partial charge in [-0.25, -0.2) is 0 Å². The number of hydrogen-bond acceptors (Lipinski definition) is 4. The first kappa shape index (κ1) is 13.4. The summed E-state index contributed by atoms with van der Waals surface area (Å²) in [5.74, 6) is 0. The van der Waals surface area contributed by atoms with Crippen LogP contribution < -0.4 is 16.0 Å². The lowest BCUT2D eigenvalue weighted by molar-refractivity contribution is 0.753. The van der Waals surface area contributed by atoms with Crippen molar-refractivity contribution >= 4 is 0 Å². The molecule has 0 atom stereocenters. The maximum absolute atomic E-state index is 8.54. The van der Waals surface area contributed by atoms with Crippen LogP contribution in [0.15, 0.2) is 23.2 Å². The number of rotatable bonds is 6. The van der Waals surface area contributed by atoms with Crippen LogP contribution in [-0.2, 0) is 0 Å². The van der Waals surface area contributed by atoms with Crippen LogP contribution in [-0.4, -0.2) is 21.1 Å². The summed E-state index contributed by atoms with van der Waals surface area (Å²) >= 11 is 0. The summed E-state index contributed by atoms with van der Waals surface area (Å²) in [5, 5.41) is 17.8. The normalized spacial score (nSPS) is 12.6. The number of hydrogen-bond donors (Lipinski definition) is 3. The lowest BCUT2D eigenvalue weighted by Gasteiger charge is -2.12. The fourth-order valence-corrected chi connectivity index (χ4v) is 1.26. The Morgan fingerprint density at radius 1 is 1.13 bits per heavy atom. The van der Waals surface area contributed by atoms with Crippen molar-refractivity contribution in [3.63, 3.8) is 0 Å². The summed E-state index contributed by atoms with van der Waals surface area (Å²) in [5.41, 5.74) is 3.25. The molecule has 0 aliphatic rings. The smallest absolute Gasteiger partial charge is 0.0930 e. The van der Waals surface area contributed by atoms with Crippen LogP contribution >= 0.6 is 0 Å². The Morgan fingerprint density at radius 3 is 2.20 bits per heavy atom. The summed E-state index contributed by atoms with van der Waals surface area (Å²) < 4.78 is 0. The molecule has 15 heavy (non-hydrogen) atoms. The molecule has 0 bridgehead atoms. The molecular weight excluding hydrogens is 188 g/mol. The molecule has 0 saturated carbocycles. The van der Waals surface area contributed by atoms with Gasteiger partial charge in [0.2, 0.25) is 0 Å². The Bertz CT molecular complexity index is 283. The Hall–Kier alpha value is -1.63. The number of allylic oxidation sites excluding steroid dienone is 4. The Balaban J connectivity index is 4.36. The predicted molar refractivity (Wildman–Crippen MR) is 62.8 cm³/mol. The minimum atomic E-state index is 0.833. The van der Waals surface area contributed by atoms with Crippen molar-refractivity contribution in [2.24, 2.45) is 0 Å². The quantitative estimate of drug-likeness (QED) is 0.571. The lowest BCUT2D eigenvalue weighted by Crippen LogP contribution is -2.16. The molecule has 0 unspecified atom stereocenters. The minimum absolute atomic E-state index is 0.833. The van der Waals surface area contributed by atoms with E-state index in [4.69, 9.17) is 5.26 Å². The van der Waals surface area contributed by atoms with E-state index in [0.717, 1.165) is 29.9 Å². The molecule has 4 heteroatoms. The van der Waals surface area contributed by atoms with E-state index in [1.54, 1.807) is 6.08 Å².